The van der Waals surface area contributed by atoms with Crippen molar-refractivity contribution in [3.05, 3.63) is 10.1 Å². The Morgan fingerprint density at radius 1 is 1.67 bits per heavy atom. The van der Waals surface area contributed by atoms with Crippen molar-refractivity contribution in [1.29, 1.82) is 0 Å². The fraction of sp³-hybridized carbons (Fsp3) is 1.00. The van der Waals surface area contributed by atoms with Crippen molar-refractivity contribution in [2.45, 2.75) is 25.2 Å². The monoisotopic (exact) mass is 132 g/mol. The third-order valence-electron chi connectivity index (χ3n) is 1.35. The molecule has 1 rings (SSSR count). The van der Waals surface area contributed by atoms with Crippen LogP contribution in [0.4, 0.5) is 0 Å². The molecule has 1 aliphatic heterocycles. The number of aliphatic hydroxyl groups excluding tert-OH is 1. The van der Waals surface area contributed by atoms with Crippen molar-refractivity contribution in [2.75, 3.05) is 0 Å². The van der Waals surface area contributed by atoms with Gasteiger partial charge in [0.1, 0.15) is 6.23 Å². The van der Waals surface area contributed by atoms with Gasteiger partial charge in [-0.2, -0.15) is 0 Å². The van der Waals surface area contributed by atoms with Gasteiger partial charge < -0.3 is 5.11 Å². The maximum absolute atomic E-state index is 9.98. The molecule has 2 atom stereocenters. The van der Waals surface area contributed by atoms with E-state index in [1.165, 1.54) is 0 Å². The summed E-state index contributed by atoms with van der Waals surface area (Å²) in [4.78, 5) is 9.56. The van der Waals surface area contributed by atoms with Crippen LogP contribution in [-0.2, 0) is 0 Å². The van der Waals surface area contributed by atoms with E-state index in [0.29, 0.717) is 12.8 Å². The molecule has 5 heteroatoms. The van der Waals surface area contributed by atoms with Crippen LogP contribution in [0, 0.1) is 10.1 Å². The van der Waals surface area contributed by atoms with Crippen molar-refractivity contribution in [3.8, 4) is 0 Å². The summed E-state index contributed by atoms with van der Waals surface area (Å²) >= 11 is 0. The molecule has 1 saturated heterocycles. The molecule has 0 radical (unpaired) electrons. The molecule has 0 aromatic carbocycles. The smallest absolute Gasteiger partial charge is 0.268 e. The number of nitrogens with zero attached hydrogens (tertiary/aromatic N) is 1. The van der Waals surface area contributed by atoms with Crippen LogP contribution in [0.15, 0.2) is 0 Å². The molecule has 0 saturated carbocycles. The molecule has 0 aliphatic carbocycles. The third-order valence-corrected chi connectivity index (χ3v) is 1.35. The molecule has 0 bridgehead atoms. The predicted molar refractivity (Wildman–Crippen MR) is 29.2 cm³/mol. The molecule has 5 nitrogen and oxygen atoms in total. The first kappa shape index (κ1) is 6.44. The zero-order valence-corrected chi connectivity index (χ0v) is 4.78. The summed E-state index contributed by atoms with van der Waals surface area (Å²) in [6.07, 6.45) is -0.514. The van der Waals surface area contributed by atoms with E-state index in [-0.39, 0.29) is 0 Å². The van der Waals surface area contributed by atoms with Gasteiger partial charge in [-0.1, -0.05) is 0 Å². The Morgan fingerprint density at radius 2 is 2.33 bits per heavy atom. The van der Waals surface area contributed by atoms with E-state index in [1.54, 1.807) is 0 Å². The molecule has 0 aromatic heterocycles. The van der Waals surface area contributed by atoms with E-state index in [1.807, 2.05) is 0 Å². The highest BCUT2D eigenvalue weighted by molar-refractivity contribution is 4.67. The molecular weight excluding hydrogens is 124 g/mol. The Labute approximate surface area is 51.8 Å². The number of hydrogen-bond donors (Lipinski definition) is 2. The number of nitrogens with one attached hydrogen (secondary N) is 1. The van der Waals surface area contributed by atoms with Crippen molar-refractivity contribution in [1.82, 2.24) is 5.32 Å². The minimum absolute atomic E-state index is 0.420. The third kappa shape index (κ3) is 1.36. The Morgan fingerprint density at radius 3 is 2.56 bits per heavy atom. The fourth-order valence-electron chi connectivity index (χ4n) is 0.871. The van der Waals surface area contributed by atoms with Crippen molar-refractivity contribution < 1.29 is 10.0 Å². The maximum Gasteiger partial charge on any atom is 0.268 e. The molecule has 1 heterocycles. The van der Waals surface area contributed by atoms with Crippen molar-refractivity contribution >= 4 is 0 Å². The summed E-state index contributed by atoms with van der Waals surface area (Å²) < 4.78 is 0. The van der Waals surface area contributed by atoms with Crippen LogP contribution in [0.1, 0.15) is 12.8 Å². The van der Waals surface area contributed by atoms with Gasteiger partial charge in [-0.3, -0.25) is 10.1 Å². The maximum atomic E-state index is 9.98. The highest BCUT2D eigenvalue weighted by atomic mass is 16.6. The summed E-state index contributed by atoms with van der Waals surface area (Å²) in [6.45, 7) is 0. The molecule has 2 N–H and O–H groups in total. The lowest BCUT2D eigenvalue weighted by Crippen LogP contribution is -2.34. The zero-order valence-electron chi connectivity index (χ0n) is 4.78. The van der Waals surface area contributed by atoms with Gasteiger partial charge in [-0.05, 0) is 6.42 Å². The fourth-order valence-corrected chi connectivity index (χ4v) is 0.871. The highest BCUT2D eigenvalue weighted by Crippen LogP contribution is 2.09. The molecule has 0 amide bonds. The van der Waals surface area contributed by atoms with Crippen LogP contribution >= 0.6 is 0 Å². The Hall–Kier alpha value is -0.680. The van der Waals surface area contributed by atoms with Gasteiger partial charge in [0.2, 0.25) is 0 Å². The van der Waals surface area contributed by atoms with Crippen LogP contribution < -0.4 is 5.32 Å². The Kier molecular flexibility index (Phi) is 1.63. The van der Waals surface area contributed by atoms with E-state index in [9.17, 15) is 10.1 Å². The van der Waals surface area contributed by atoms with Gasteiger partial charge in [-0.25, -0.2) is 5.32 Å². The quantitative estimate of drug-likeness (QED) is 0.365. The molecular formula is C4H8N2O3. The van der Waals surface area contributed by atoms with E-state index >= 15 is 0 Å². The van der Waals surface area contributed by atoms with Gasteiger partial charge in [0.25, 0.3) is 6.17 Å². The number of aliphatic hydroxyl groups is 1. The molecule has 0 spiro atoms. The average Bonchev–Trinajstić information content (AvgIpc) is 2.14. The molecule has 1 aliphatic rings. The number of rotatable bonds is 1. The summed E-state index contributed by atoms with van der Waals surface area (Å²) in [5.74, 6) is 0. The number of nitro groups is 1. The van der Waals surface area contributed by atoms with Gasteiger partial charge in [0, 0.05) is 11.3 Å². The molecule has 2 unspecified atom stereocenters. The predicted octanol–water partition coefficient (Wildman–Crippen LogP) is -0.709. The topological polar surface area (TPSA) is 75.4 Å². The second kappa shape index (κ2) is 2.28. The van der Waals surface area contributed by atoms with E-state index in [2.05, 4.69) is 5.32 Å². The lowest BCUT2D eigenvalue weighted by atomic mass is 10.3. The van der Waals surface area contributed by atoms with Crippen molar-refractivity contribution in [2.24, 2.45) is 0 Å². The first-order valence-electron chi connectivity index (χ1n) is 2.78. The van der Waals surface area contributed by atoms with Gasteiger partial charge in [-0.15, -0.1) is 0 Å². The molecule has 52 valence electrons. The molecule has 0 aromatic rings. The van der Waals surface area contributed by atoms with Gasteiger partial charge >= 0.3 is 0 Å². The summed E-state index contributed by atoms with van der Waals surface area (Å²) in [7, 11) is 0. The lowest BCUT2D eigenvalue weighted by molar-refractivity contribution is -0.527. The van der Waals surface area contributed by atoms with E-state index < -0.39 is 17.3 Å². The van der Waals surface area contributed by atoms with E-state index in [0.717, 1.165) is 0 Å². The molecule has 1 fully saturated rings. The van der Waals surface area contributed by atoms with Gasteiger partial charge in [0.15, 0.2) is 0 Å². The second-order valence-electron chi connectivity index (χ2n) is 2.06. The van der Waals surface area contributed by atoms with Crippen LogP contribution in [0.3, 0.4) is 0 Å². The average molecular weight is 132 g/mol. The Balaban J connectivity index is 2.39. The normalized spacial score (nSPS) is 34.8. The van der Waals surface area contributed by atoms with E-state index in [4.69, 9.17) is 5.11 Å². The minimum atomic E-state index is -0.736. The summed E-state index contributed by atoms with van der Waals surface area (Å²) in [6, 6.07) is 0. The zero-order chi connectivity index (χ0) is 6.85. The number of hydrogen-bond acceptors (Lipinski definition) is 4. The summed E-state index contributed by atoms with van der Waals surface area (Å²) in [5, 5.41) is 21.1. The standard InChI is InChI=1S/C4H8N2O3/c7-4-2-1-3(5-4)6(8)9/h3-5,7H,1-2H2. The van der Waals surface area contributed by atoms with Crippen LogP contribution in [-0.4, -0.2) is 22.4 Å². The Bertz CT molecular complexity index is 127. The first-order chi connectivity index (χ1) is 4.20. The molecule has 9 heavy (non-hydrogen) atoms. The van der Waals surface area contributed by atoms with Crippen molar-refractivity contribution in [3.63, 3.8) is 0 Å². The summed E-state index contributed by atoms with van der Waals surface area (Å²) in [5.41, 5.74) is 0. The second-order valence-corrected chi connectivity index (χ2v) is 2.06. The minimum Gasteiger partial charge on any atom is -0.378 e. The van der Waals surface area contributed by atoms with Crippen LogP contribution in [0.2, 0.25) is 0 Å². The lowest BCUT2D eigenvalue weighted by Gasteiger charge is -2.00. The first-order valence-corrected chi connectivity index (χ1v) is 2.78. The van der Waals surface area contributed by atoms with Crippen LogP contribution in [0.25, 0.3) is 0 Å². The highest BCUT2D eigenvalue weighted by Gasteiger charge is 2.29. The largest absolute Gasteiger partial charge is 0.378 e. The SMILES string of the molecule is O=[N+]([O-])C1CCC(O)N1. The van der Waals surface area contributed by atoms with Gasteiger partial charge in [0.05, 0.1) is 0 Å². The van der Waals surface area contributed by atoms with Crippen LogP contribution in [0.5, 0.6) is 0 Å².